The Morgan fingerprint density at radius 1 is 1.09 bits per heavy atom. The Hall–Kier alpha value is -2.84. The molecule has 0 amide bonds. The molecule has 0 saturated heterocycles. The number of carbonyl (C=O) groups is 2. The minimum Gasteiger partial charge on any atom is -0.504 e. The molecule has 0 aliphatic heterocycles. The Kier molecular flexibility index (Phi) is 5.28. The van der Waals surface area contributed by atoms with Crippen LogP contribution in [0.25, 0.3) is 0 Å². The summed E-state index contributed by atoms with van der Waals surface area (Å²) < 4.78 is 0. The van der Waals surface area contributed by atoms with Gasteiger partial charge in [-0.05, 0) is 18.2 Å². The second-order valence-corrected chi connectivity index (χ2v) is 4.30. The molecule has 1 aromatic carbocycles. The number of hydrogen-bond donors (Lipinski definition) is 6. The number of aliphatic hydroxyl groups is 2. The third-order valence-electron chi connectivity index (χ3n) is 2.79. The molecule has 8 nitrogen and oxygen atoms in total. The maximum absolute atomic E-state index is 10.4. The molecule has 22 heavy (non-hydrogen) atoms. The predicted molar refractivity (Wildman–Crippen MR) is 73.6 cm³/mol. The smallest absolute Gasteiger partial charge is 0.342 e. The number of hydrogen-bond acceptors (Lipinski definition) is 6. The molecule has 1 aliphatic rings. The Labute approximate surface area is 124 Å². The van der Waals surface area contributed by atoms with Gasteiger partial charge in [0.25, 0.3) is 0 Å². The number of benzene rings is 1. The summed E-state index contributed by atoms with van der Waals surface area (Å²) in [7, 11) is 0. The van der Waals surface area contributed by atoms with Crippen molar-refractivity contribution in [3.8, 4) is 11.5 Å². The van der Waals surface area contributed by atoms with E-state index in [1.807, 2.05) is 0 Å². The Balaban J connectivity index is 0.000000220. The van der Waals surface area contributed by atoms with Crippen LogP contribution in [0.3, 0.4) is 0 Å². The third-order valence-corrected chi connectivity index (χ3v) is 2.79. The number of rotatable bonds is 2. The van der Waals surface area contributed by atoms with Gasteiger partial charge in [-0.2, -0.15) is 0 Å². The molecule has 2 rings (SSSR count). The van der Waals surface area contributed by atoms with E-state index in [9.17, 15) is 14.7 Å². The Morgan fingerprint density at radius 2 is 1.73 bits per heavy atom. The summed E-state index contributed by atoms with van der Waals surface area (Å²) in [5, 5.41) is 52.9. The summed E-state index contributed by atoms with van der Waals surface area (Å²) in [5.74, 6) is -3.74. The molecular formula is C14H14O8. The normalized spacial score (nSPS) is 22.5. The number of para-hydroxylation sites is 1. The van der Waals surface area contributed by atoms with E-state index in [-0.39, 0.29) is 5.56 Å². The van der Waals surface area contributed by atoms with Crippen LogP contribution in [0.2, 0.25) is 0 Å². The number of carboxylic acid groups (broad SMARTS) is 2. The maximum atomic E-state index is 10.4. The quantitative estimate of drug-likeness (QED) is 0.420. The van der Waals surface area contributed by atoms with E-state index < -0.39 is 35.1 Å². The van der Waals surface area contributed by atoms with Crippen LogP contribution in [0.4, 0.5) is 0 Å². The Bertz CT molecular complexity index is 634. The van der Waals surface area contributed by atoms with Gasteiger partial charge in [0, 0.05) is 0 Å². The van der Waals surface area contributed by atoms with Crippen molar-refractivity contribution >= 4 is 11.9 Å². The lowest BCUT2D eigenvalue weighted by atomic mass is 9.93. The minimum absolute atomic E-state index is 0.301. The van der Waals surface area contributed by atoms with Crippen LogP contribution in [0.1, 0.15) is 10.4 Å². The zero-order valence-corrected chi connectivity index (χ0v) is 11.1. The van der Waals surface area contributed by atoms with Gasteiger partial charge in [-0.3, -0.25) is 0 Å². The lowest BCUT2D eigenvalue weighted by Crippen LogP contribution is -2.47. The van der Waals surface area contributed by atoms with E-state index in [4.69, 9.17) is 25.5 Å². The molecule has 0 spiro atoms. The van der Waals surface area contributed by atoms with Crippen LogP contribution in [0, 0.1) is 0 Å². The molecule has 8 heteroatoms. The van der Waals surface area contributed by atoms with Crippen molar-refractivity contribution in [2.75, 3.05) is 0 Å². The fourth-order valence-corrected chi connectivity index (χ4v) is 1.52. The first-order valence-electron chi connectivity index (χ1n) is 5.94. The number of aromatic hydroxyl groups is 2. The predicted octanol–water partition coefficient (Wildman–Crippen LogP) is 0.0850. The van der Waals surface area contributed by atoms with Gasteiger partial charge in [0.15, 0.2) is 11.5 Å². The van der Waals surface area contributed by atoms with Crippen molar-refractivity contribution in [3.05, 3.63) is 48.1 Å². The molecule has 0 saturated carbocycles. The zero-order chi connectivity index (χ0) is 16.9. The van der Waals surface area contributed by atoms with Gasteiger partial charge >= 0.3 is 11.9 Å². The highest BCUT2D eigenvalue weighted by atomic mass is 16.4. The van der Waals surface area contributed by atoms with Gasteiger partial charge in [-0.1, -0.05) is 24.3 Å². The summed E-state index contributed by atoms with van der Waals surface area (Å²) in [6, 6.07) is 3.76. The Morgan fingerprint density at radius 3 is 2.14 bits per heavy atom. The number of aliphatic carboxylic acids is 1. The molecule has 0 radical (unpaired) electrons. The van der Waals surface area contributed by atoms with Crippen molar-refractivity contribution in [1.82, 2.24) is 0 Å². The lowest BCUT2D eigenvalue weighted by molar-refractivity contribution is -0.160. The lowest BCUT2D eigenvalue weighted by Gasteiger charge is -2.24. The molecule has 0 aromatic heterocycles. The monoisotopic (exact) mass is 310 g/mol. The largest absolute Gasteiger partial charge is 0.504 e. The number of phenolic OH excluding ortho intramolecular Hbond substituents is 1. The van der Waals surface area contributed by atoms with Crippen molar-refractivity contribution in [1.29, 1.82) is 0 Å². The molecule has 0 bridgehead atoms. The standard InChI is InChI=1S/C7H8O4.C7H6O4/c8-5-3-1-2-4-7(5,11)6(9)10;8-5-3-1-2-4(6(5)9)7(10)11/h1-5,8,11H,(H,9,10);1-3,8-9H,(H,10,11). The van der Waals surface area contributed by atoms with Crippen molar-refractivity contribution in [2.24, 2.45) is 0 Å². The maximum Gasteiger partial charge on any atom is 0.342 e. The number of phenols is 2. The number of aromatic carboxylic acids is 1. The number of carboxylic acids is 2. The first-order chi connectivity index (χ1) is 10.2. The van der Waals surface area contributed by atoms with Crippen molar-refractivity contribution < 1.29 is 40.2 Å². The fraction of sp³-hybridized carbons (Fsp3) is 0.143. The third kappa shape index (κ3) is 3.62. The molecule has 1 aromatic rings. The average Bonchev–Trinajstić information content (AvgIpc) is 2.45. The summed E-state index contributed by atoms with van der Waals surface area (Å²) in [6.45, 7) is 0. The molecule has 2 atom stereocenters. The fourth-order valence-electron chi connectivity index (χ4n) is 1.52. The first-order valence-corrected chi connectivity index (χ1v) is 5.94. The van der Waals surface area contributed by atoms with E-state index in [2.05, 4.69) is 0 Å². The topological polar surface area (TPSA) is 156 Å². The van der Waals surface area contributed by atoms with Gasteiger partial charge < -0.3 is 30.6 Å². The molecular weight excluding hydrogens is 296 g/mol. The van der Waals surface area contributed by atoms with E-state index in [0.29, 0.717) is 0 Å². The van der Waals surface area contributed by atoms with Crippen LogP contribution >= 0.6 is 0 Å². The number of aliphatic hydroxyl groups excluding tert-OH is 1. The van der Waals surface area contributed by atoms with Crippen LogP contribution in [0.5, 0.6) is 11.5 Å². The molecule has 1 aliphatic carbocycles. The van der Waals surface area contributed by atoms with Crippen LogP contribution < -0.4 is 0 Å². The second kappa shape index (κ2) is 6.74. The van der Waals surface area contributed by atoms with E-state index in [1.54, 1.807) is 0 Å². The molecule has 118 valence electrons. The molecule has 6 N–H and O–H groups in total. The van der Waals surface area contributed by atoms with Crippen LogP contribution in [0.15, 0.2) is 42.5 Å². The summed E-state index contributed by atoms with van der Waals surface area (Å²) in [4.78, 5) is 20.7. The van der Waals surface area contributed by atoms with E-state index >= 15 is 0 Å². The van der Waals surface area contributed by atoms with Crippen LogP contribution in [-0.4, -0.2) is 54.3 Å². The van der Waals surface area contributed by atoms with Gasteiger partial charge in [0.1, 0.15) is 11.7 Å². The SMILES string of the molecule is O=C(O)C1(O)C=CC=CC1O.O=C(O)c1cccc(O)c1O. The van der Waals surface area contributed by atoms with Gasteiger partial charge in [-0.25, -0.2) is 9.59 Å². The van der Waals surface area contributed by atoms with E-state index in [0.717, 1.165) is 6.08 Å². The van der Waals surface area contributed by atoms with Crippen molar-refractivity contribution in [3.63, 3.8) is 0 Å². The number of allylic oxidation sites excluding steroid dienone is 2. The van der Waals surface area contributed by atoms with Crippen LogP contribution in [-0.2, 0) is 4.79 Å². The first kappa shape index (κ1) is 17.2. The minimum atomic E-state index is -2.16. The zero-order valence-electron chi connectivity index (χ0n) is 11.1. The summed E-state index contributed by atoms with van der Waals surface area (Å²) >= 11 is 0. The second-order valence-electron chi connectivity index (χ2n) is 4.30. The highest BCUT2D eigenvalue weighted by Crippen LogP contribution is 2.27. The molecule has 2 unspecified atom stereocenters. The van der Waals surface area contributed by atoms with Gasteiger partial charge in [-0.15, -0.1) is 0 Å². The van der Waals surface area contributed by atoms with Gasteiger partial charge in [0.2, 0.25) is 5.60 Å². The van der Waals surface area contributed by atoms with Crippen molar-refractivity contribution in [2.45, 2.75) is 11.7 Å². The molecule has 0 fully saturated rings. The van der Waals surface area contributed by atoms with E-state index in [1.165, 1.54) is 36.4 Å². The summed E-state index contributed by atoms with van der Waals surface area (Å²) in [5.41, 5.74) is -2.46. The highest BCUT2D eigenvalue weighted by Gasteiger charge is 2.40. The van der Waals surface area contributed by atoms with Gasteiger partial charge in [0.05, 0.1) is 0 Å². The average molecular weight is 310 g/mol. The molecule has 0 heterocycles. The summed E-state index contributed by atoms with van der Waals surface area (Å²) in [6.07, 6.45) is 3.74. The highest BCUT2D eigenvalue weighted by molar-refractivity contribution is 5.91.